The predicted molar refractivity (Wildman–Crippen MR) is 43.2 cm³/mol. The summed E-state index contributed by atoms with van der Waals surface area (Å²) >= 11 is 0. The average molecular weight is 125 g/mol. The van der Waals surface area contributed by atoms with Gasteiger partial charge in [0.2, 0.25) is 0 Å². The Bertz CT molecular complexity index is 93.1. The molecule has 0 saturated heterocycles. The lowest BCUT2D eigenvalue weighted by Crippen LogP contribution is -2.28. The van der Waals surface area contributed by atoms with Crippen LogP contribution in [-0.2, 0) is 0 Å². The monoisotopic (exact) mass is 125 g/mol. The number of hydrogen-bond acceptors (Lipinski definition) is 1. The molecule has 0 aromatic rings. The van der Waals surface area contributed by atoms with Crippen LogP contribution in [-0.4, -0.2) is 13.9 Å². The molecule has 1 saturated carbocycles. The van der Waals surface area contributed by atoms with Gasteiger partial charge >= 0.3 is 0 Å². The van der Waals surface area contributed by atoms with Gasteiger partial charge in [0.15, 0.2) is 0 Å². The highest BCUT2D eigenvalue weighted by Crippen LogP contribution is 2.36. The first-order chi connectivity index (χ1) is 4.13. The summed E-state index contributed by atoms with van der Waals surface area (Å²) in [5.41, 5.74) is 5.91. The minimum atomic E-state index is 0.458. The molecule has 0 aromatic carbocycles. The third-order valence-corrected chi connectivity index (χ3v) is 2.91. The van der Waals surface area contributed by atoms with Gasteiger partial charge in [0.05, 0.1) is 0 Å². The summed E-state index contributed by atoms with van der Waals surface area (Å²) in [5.74, 6) is 2.32. The maximum Gasteiger partial charge on any atom is 0.105 e. The van der Waals surface area contributed by atoms with Gasteiger partial charge in [-0.1, -0.05) is 26.1 Å². The molecule has 1 aliphatic carbocycles. The summed E-state index contributed by atoms with van der Waals surface area (Å²) in [5, 5.41) is 0. The van der Waals surface area contributed by atoms with E-state index in [1.807, 2.05) is 0 Å². The highest BCUT2D eigenvalue weighted by Gasteiger charge is 2.32. The molecular formula is C7H16BN. The van der Waals surface area contributed by atoms with Crippen LogP contribution in [0.2, 0.25) is 5.82 Å². The highest BCUT2D eigenvalue weighted by atomic mass is 14.7. The Hall–Kier alpha value is 0.0249. The first-order valence-electron chi connectivity index (χ1n) is 3.88. The van der Waals surface area contributed by atoms with E-state index in [0.717, 1.165) is 17.7 Å². The second kappa shape index (κ2) is 2.33. The molecule has 0 bridgehead atoms. The lowest BCUT2D eigenvalue weighted by Gasteiger charge is -2.14. The normalized spacial score (nSPS) is 51.9. The van der Waals surface area contributed by atoms with Crippen molar-refractivity contribution in [1.82, 2.24) is 0 Å². The summed E-state index contributed by atoms with van der Waals surface area (Å²) in [7, 11) is 2.30. The van der Waals surface area contributed by atoms with E-state index in [0.29, 0.717) is 6.04 Å². The van der Waals surface area contributed by atoms with E-state index >= 15 is 0 Å². The van der Waals surface area contributed by atoms with Crippen molar-refractivity contribution in [2.45, 2.75) is 32.1 Å². The van der Waals surface area contributed by atoms with Gasteiger partial charge in [-0.3, -0.25) is 0 Å². The Morgan fingerprint density at radius 3 is 2.11 bits per heavy atom. The first-order valence-corrected chi connectivity index (χ1v) is 3.88. The fourth-order valence-corrected chi connectivity index (χ4v) is 1.86. The number of nitrogens with two attached hydrogens (primary N) is 1. The van der Waals surface area contributed by atoms with E-state index in [9.17, 15) is 0 Å². The average Bonchev–Trinajstić information content (AvgIpc) is 1.98. The van der Waals surface area contributed by atoms with Crippen molar-refractivity contribution in [3.63, 3.8) is 0 Å². The highest BCUT2D eigenvalue weighted by molar-refractivity contribution is 6.12. The Kier molecular flexibility index (Phi) is 1.85. The minimum Gasteiger partial charge on any atom is -0.327 e. The molecule has 0 spiro atoms. The van der Waals surface area contributed by atoms with E-state index < -0.39 is 0 Å². The third-order valence-electron chi connectivity index (χ3n) is 2.91. The van der Waals surface area contributed by atoms with Crippen LogP contribution in [0.1, 0.15) is 20.3 Å². The van der Waals surface area contributed by atoms with E-state index in [1.54, 1.807) is 0 Å². The maximum atomic E-state index is 5.91. The van der Waals surface area contributed by atoms with Gasteiger partial charge < -0.3 is 5.73 Å². The van der Waals surface area contributed by atoms with Crippen LogP contribution in [0.25, 0.3) is 0 Å². The van der Waals surface area contributed by atoms with Crippen molar-refractivity contribution < 1.29 is 0 Å². The molecule has 0 aromatic heterocycles. The van der Waals surface area contributed by atoms with E-state index in [-0.39, 0.29) is 0 Å². The van der Waals surface area contributed by atoms with Crippen molar-refractivity contribution in [3.05, 3.63) is 0 Å². The molecule has 2 N–H and O–H groups in total. The second-order valence-electron chi connectivity index (χ2n) is 3.63. The van der Waals surface area contributed by atoms with E-state index in [1.165, 1.54) is 6.42 Å². The van der Waals surface area contributed by atoms with Crippen LogP contribution in [0, 0.1) is 11.8 Å². The molecule has 2 heteroatoms. The van der Waals surface area contributed by atoms with Crippen molar-refractivity contribution in [3.8, 4) is 0 Å². The van der Waals surface area contributed by atoms with Gasteiger partial charge in [0.25, 0.3) is 0 Å². The molecule has 0 amide bonds. The van der Waals surface area contributed by atoms with Gasteiger partial charge in [0.1, 0.15) is 7.85 Å². The molecule has 0 radical (unpaired) electrons. The van der Waals surface area contributed by atoms with Crippen molar-refractivity contribution in [2.75, 3.05) is 0 Å². The fraction of sp³-hybridized carbons (Fsp3) is 1.00. The summed E-state index contributed by atoms with van der Waals surface area (Å²) < 4.78 is 0. The zero-order valence-electron chi connectivity index (χ0n) is 6.59. The van der Waals surface area contributed by atoms with Gasteiger partial charge in [-0.2, -0.15) is 0 Å². The predicted octanol–water partition coefficient (Wildman–Crippen LogP) is 0.411. The smallest absolute Gasteiger partial charge is 0.105 e. The lowest BCUT2D eigenvalue weighted by molar-refractivity contribution is 0.456. The van der Waals surface area contributed by atoms with Gasteiger partial charge in [-0.05, 0) is 11.8 Å². The maximum absolute atomic E-state index is 5.91. The molecule has 0 aliphatic heterocycles. The van der Waals surface area contributed by atoms with Gasteiger partial charge in [-0.25, -0.2) is 0 Å². The van der Waals surface area contributed by atoms with Crippen LogP contribution in [0.3, 0.4) is 0 Å². The topological polar surface area (TPSA) is 26.0 Å². The molecule has 1 aliphatic rings. The van der Waals surface area contributed by atoms with Gasteiger partial charge in [-0.15, -0.1) is 0 Å². The molecule has 1 rings (SSSR count). The minimum absolute atomic E-state index is 0.458. The van der Waals surface area contributed by atoms with Crippen LogP contribution in [0.15, 0.2) is 0 Å². The largest absolute Gasteiger partial charge is 0.327 e. The Morgan fingerprint density at radius 2 is 2.00 bits per heavy atom. The molecule has 0 heterocycles. The molecule has 9 heavy (non-hydrogen) atoms. The van der Waals surface area contributed by atoms with Gasteiger partial charge in [0, 0.05) is 6.04 Å². The summed E-state index contributed by atoms with van der Waals surface area (Å²) in [4.78, 5) is 0. The van der Waals surface area contributed by atoms with E-state index in [4.69, 9.17) is 5.73 Å². The summed E-state index contributed by atoms with van der Waals surface area (Å²) in [6, 6.07) is 0.458. The number of rotatable bonds is 0. The fourth-order valence-electron chi connectivity index (χ4n) is 1.86. The first kappa shape index (κ1) is 7.14. The third kappa shape index (κ3) is 1.13. The molecular weight excluding hydrogens is 109 g/mol. The standard InChI is InChI=1S/C7H16BN/c1-4-3-6(8)5(2)7(4)9/h4-7H,3,8-9H2,1-2H3/t4?,5?,6?,7-/m0/s1. The Labute approximate surface area is 58.4 Å². The number of hydrogen-bond donors (Lipinski definition) is 1. The summed E-state index contributed by atoms with van der Waals surface area (Å²) in [6.45, 7) is 4.52. The molecule has 1 nitrogen and oxygen atoms in total. The van der Waals surface area contributed by atoms with E-state index in [2.05, 4.69) is 21.7 Å². The molecule has 52 valence electrons. The lowest BCUT2D eigenvalue weighted by atomic mass is 9.79. The quantitative estimate of drug-likeness (QED) is 0.466. The second-order valence-corrected chi connectivity index (χ2v) is 3.63. The van der Waals surface area contributed by atoms with Crippen LogP contribution >= 0.6 is 0 Å². The zero-order valence-corrected chi connectivity index (χ0v) is 6.59. The summed E-state index contributed by atoms with van der Waals surface area (Å²) in [6.07, 6.45) is 1.32. The van der Waals surface area contributed by atoms with Crippen LogP contribution in [0.4, 0.5) is 0 Å². The molecule has 1 fully saturated rings. The Balaban J connectivity index is 2.54. The van der Waals surface area contributed by atoms with Crippen LogP contribution in [0.5, 0.6) is 0 Å². The molecule has 3 unspecified atom stereocenters. The van der Waals surface area contributed by atoms with Crippen molar-refractivity contribution in [2.24, 2.45) is 17.6 Å². The Morgan fingerprint density at radius 1 is 1.44 bits per heavy atom. The van der Waals surface area contributed by atoms with Crippen LogP contribution < -0.4 is 5.73 Å². The molecule has 4 atom stereocenters. The van der Waals surface area contributed by atoms with Crippen molar-refractivity contribution >= 4 is 7.85 Å². The zero-order chi connectivity index (χ0) is 7.02. The van der Waals surface area contributed by atoms with Crippen molar-refractivity contribution in [1.29, 1.82) is 0 Å². The SMILES string of the molecule is BC1CC(C)[C@H](N)C1C.